The molecule has 0 heterocycles. The molecule has 0 aliphatic carbocycles. The molecule has 2 rings (SSSR count). The number of rotatable bonds is 5. The van der Waals surface area contributed by atoms with Crippen LogP contribution in [0, 0.1) is 5.82 Å². The monoisotopic (exact) mass is 371 g/mol. The second kappa shape index (κ2) is 7.25. The maximum Gasteiger partial charge on any atom is 0.170 e. The van der Waals surface area contributed by atoms with Crippen LogP contribution in [0.4, 0.5) is 4.39 Å². The van der Waals surface area contributed by atoms with Crippen molar-refractivity contribution in [3.8, 4) is 5.75 Å². The molecule has 0 aliphatic rings. The van der Waals surface area contributed by atoms with Gasteiger partial charge in [0.25, 0.3) is 0 Å². The van der Waals surface area contributed by atoms with E-state index in [0.717, 1.165) is 10.0 Å². The first-order chi connectivity index (χ1) is 10.1. The normalized spacial score (nSPS) is 12.2. The van der Waals surface area contributed by atoms with E-state index >= 15 is 0 Å². The van der Waals surface area contributed by atoms with Crippen LogP contribution in [0.1, 0.15) is 24.1 Å². The number of hydrogen-bond acceptors (Lipinski definition) is 2. The van der Waals surface area contributed by atoms with E-state index in [2.05, 4.69) is 21.2 Å². The Balaban J connectivity index is 2.56. The van der Waals surface area contributed by atoms with Crippen molar-refractivity contribution < 1.29 is 9.13 Å². The van der Waals surface area contributed by atoms with Gasteiger partial charge in [0.1, 0.15) is 0 Å². The van der Waals surface area contributed by atoms with Gasteiger partial charge < -0.3 is 10.1 Å². The second-order valence-corrected chi connectivity index (χ2v) is 5.73. The standard InChI is InChI=1S/C16H16BrClFNO/c1-3-20-16(10-6-4-8-12(17)14(10)18)11-7-5-9-13(21-2)15(11)19/h4-9,16,20H,3H2,1-2H3. The van der Waals surface area contributed by atoms with E-state index in [0.29, 0.717) is 17.1 Å². The molecule has 0 aromatic heterocycles. The van der Waals surface area contributed by atoms with Crippen LogP contribution in [0.15, 0.2) is 40.9 Å². The van der Waals surface area contributed by atoms with E-state index in [1.807, 2.05) is 25.1 Å². The Morgan fingerprint density at radius 2 is 1.90 bits per heavy atom. The maximum absolute atomic E-state index is 14.5. The molecule has 0 fully saturated rings. The second-order valence-electron chi connectivity index (χ2n) is 4.50. The van der Waals surface area contributed by atoms with Crippen molar-refractivity contribution in [3.63, 3.8) is 0 Å². The molecular weight excluding hydrogens is 357 g/mol. The van der Waals surface area contributed by atoms with E-state index in [1.54, 1.807) is 18.2 Å². The number of ether oxygens (including phenoxy) is 1. The lowest BCUT2D eigenvalue weighted by atomic mass is 9.97. The minimum Gasteiger partial charge on any atom is -0.494 e. The molecule has 2 aromatic carbocycles. The molecule has 0 spiro atoms. The number of benzene rings is 2. The zero-order chi connectivity index (χ0) is 15.4. The lowest BCUT2D eigenvalue weighted by Gasteiger charge is -2.22. The first kappa shape index (κ1) is 16.3. The van der Waals surface area contributed by atoms with Gasteiger partial charge >= 0.3 is 0 Å². The van der Waals surface area contributed by atoms with Gasteiger partial charge in [-0.25, -0.2) is 4.39 Å². The van der Waals surface area contributed by atoms with Crippen molar-refractivity contribution in [3.05, 3.63) is 62.8 Å². The summed E-state index contributed by atoms with van der Waals surface area (Å²) in [5, 5.41) is 3.85. The SMILES string of the molecule is CCNC(c1cccc(OC)c1F)c1cccc(Br)c1Cl. The van der Waals surface area contributed by atoms with Gasteiger partial charge in [0.05, 0.1) is 18.2 Å². The molecule has 2 aromatic rings. The predicted molar refractivity (Wildman–Crippen MR) is 87.6 cm³/mol. The summed E-state index contributed by atoms with van der Waals surface area (Å²) in [6.45, 7) is 2.65. The highest BCUT2D eigenvalue weighted by Crippen LogP contribution is 2.35. The van der Waals surface area contributed by atoms with Crippen LogP contribution in [0.5, 0.6) is 5.75 Å². The fourth-order valence-corrected chi connectivity index (χ4v) is 2.86. The highest BCUT2D eigenvalue weighted by Gasteiger charge is 2.22. The Morgan fingerprint density at radius 3 is 2.57 bits per heavy atom. The van der Waals surface area contributed by atoms with E-state index in [-0.39, 0.29) is 17.6 Å². The average Bonchev–Trinajstić information content (AvgIpc) is 2.49. The summed E-state index contributed by atoms with van der Waals surface area (Å²) >= 11 is 9.77. The third-order valence-electron chi connectivity index (χ3n) is 3.22. The highest BCUT2D eigenvalue weighted by atomic mass is 79.9. The smallest absolute Gasteiger partial charge is 0.170 e. The number of halogens is 3. The van der Waals surface area contributed by atoms with E-state index in [1.165, 1.54) is 7.11 Å². The van der Waals surface area contributed by atoms with Crippen LogP contribution >= 0.6 is 27.5 Å². The summed E-state index contributed by atoms with van der Waals surface area (Å²) in [6.07, 6.45) is 0. The van der Waals surface area contributed by atoms with Crippen LogP contribution in [-0.4, -0.2) is 13.7 Å². The number of hydrogen-bond donors (Lipinski definition) is 1. The molecule has 21 heavy (non-hydrogen) atoms. The summed E-state index contributed by atoms with van der Waals surface area (Å²) in [6, 6.07) is 10.4. The van der Waals surface area contributed by atoms with Crippen molar-refractivity contribution in [2.75, 3.05) is 13.7 Å². The molecular formula is C16H16BrClFNO. The first-order valence-corrected chi connectivity index (χ1v) is 7.77. The van der Waals surface area contributed by atoms with Gasteiger partial charge in [-0.1, -0.05) is 42.8 Å². The maximum atomic E-state index is 14.5. The van der Waals surface area contributed by atoms with Gasteiger partial charge in [-0.05, 0) is 40.2 Å². The Bertz CT molecular complexity index is 636. The zero-order valence-corrected chi connectivity index (χ0v) is 14.1. The molecule has 0 amide bonds. The topological polar surface area (TPSA) is 21.3 Å². The molecule has 0 saturated heterocycles. The Hall–Kier alpha value is -1.10. The molecule has 0 radical (unpaired) electrons. The van der Waals surface area contributed by atoms with E-state index in [4.69, 9.17) is 16.3 Å². The summed E-state index contributed by atoms with van der Waals surface area (Å²) in [7, 11) is 1.45. The van der Waals surface area contributed by atoms with Crippen molar-refractivity contribution in [1.82, 2.24) is 5.32 Å². The summed E-state index contributed by atoms with van der Waals surface area (Å²) in [5.41, 5.74) is 1.33. The summed E-state index contributed by atoms with van der Waals surface area (Å²) in [4.78, 5) is 0. The van der Waals surface area contributed by atoms with Gasteiger partial charge in [0.2, 0.25) is 0 Å². The van der Waals surface area contributed by atoms with Crippen LogP contribution in [0.2, 0.25) is 5.02 Å². The fourth-order valence-electron chi connectivity index (χ4n) is 2.24. The zero-order valence-electron chi connectivity index (χ0n) is 11.8. The van der Waals surface area contributed by atoms with Gasteiger partial charge in [-0.2, -0.15) is 0 Å². The predicted octanol–water partition coefficient (Wildman–Crippen LogP) is 4.95. The van der Waals surface area contributed by atoms with E-state index in [9.17, 15) is 4.39 Å². The quantitative estimate of drug-likeness (QED) is 0.802. The lowest BCUT2D eigenvalue weighted by Crippen LogP contribution is -2.23. The fraction of sp³-hybridized carbons (Fsp3) is 0.250. The molecule has 1 unspecified atom stereocenters. The molecule has 1 N–H and O–H groups in total. The number of nitrogens with one attached hydrogen (secondary N) is 1. The Labute approximate surface area is 137 Å². The van der Waals surface area contributed by atoms with Gasteiger partial charge in [0.15, 0.2) is 11.6 Å². The highest BCUT2D eigenvalue weighted by molar-refractivity contribution is 9.10. The van der Waals surface area contributed by atoms with Crippen molar-refractivity contribution in [2.24, 2.45) is 0 Å². The molecule has 112 valence electrons. The van der Waals surface area contributed by atoms with Crippen LogP contribution in [-0.2, 0) is 0 Å². The first-order valence-electron chi connectivity index (χ1n) is 6.59. The third-order valence-corrected chi connectivity index (χ3v) is 4.54. The minimum absolute atomic E-state index is 0.224. The Kier molecular flexibility index (Phi) is 5.62. The van der Waals surface area contributed by atoms with Gasteiger partial charge in [-0.15, -0.1) is 0 Å². The average molecular weight is 373 g/mol. The largest absolute Gasteiger partial charge is 0.494 e. The molecule has 0 saturated carbocycles. The third kappa shape index (κ3) is 3.39. The van der Waals surface area contributed by atoms with E-state index < -0.39 is 0 Å². The van der Waals surface area contributed by atoms with Gasteiger partial charge in [0, 0.05) is 10.0 Å². The van der Waals surface area contributed by atoms with Crippen molar-refractivity contribution >= 4 is 27.5 Å². The number of methoxy groups -OCH3 is 1. The summed E-state index contributed by atoms with van der Waals surface area (Å²) in [5.74, 6) is -0.150. The molecule has 0 bridgehead atoms. The molecule has 0 aliphatic heterocycles. The van der Waals surface area contributed by atoms with Crippen LogP contribution in [0.25, 0.3) is 0 Å². The van der Waals surface area contributed by atoms with Crippen LogP contribution in [0.3, 0.4) is 0 Å². The van der Waals surface area contributed by atoms with Crippen LogP contribution < -0.4 is 10.1 Å². The van der Waals surface area contributed by atoms with Crippen molar-refractivity contribution in [2.45, 2.75) is 13.0 Å². The lowest BCUT2D eigenvalue weighted by molar-refractivity contribution is 0.382. The summed E-state index contributed by atoms with van der Waals surface area (Å²) < 4.78 is 20.4. The Morgan fingerprint density at radius 1 is 1.24 bits per heavy atom. The van der Waals surface area contributed by atoms with Gasteiger partial charge in [-0.3, -0.25) is 0 Å². The minimum atomic E-state index is -0.373. The molecule has 2 nitrogen and oxygen atoms in total. The molecule has 1 atom stereocenters. The molecule has 5 heteroatoms. The van der Waals surface area contributed by atoms with Crippen molar-refractivity contribution in [1.29, 1.82) is 0 Å².